The molecule has 2 N–H and O–H groups in total. The molecular weight excluding hydrogens is 372 g/mol. The first kappa shape index (κ1) is 22.8. The van der Waals surface area contributed by atoms with Crippen molar-refractivity contribution in [3.8, 4) is 0 Å². The Bertz CT molecular complexity index is 646. The molecule has 0 heterocycles. The molecule has 4 rings (SSSR count). The lowest BCUT2D eigenvalue weighted by atomic mass is 9.41. The number of carbonyl (C=O) groups is 1. The maximum absolute atomic E-state index is 11.7. The van der Waals surface area contributed by atoms with Gasteiger partial charge in [0.1, 0.15) is 5.78 Å². The number of ketones is 1. The quantitative estimate of drug-likeness (QED) is 0.609. The summed E-state index contributed by atoms with van der Waals surface area (Å²) in [4.78, 5) is 11.6. The average Bonchev–Trinajstić information content (AvgIpc) is 3.05. The number of hydrogen-bond acceptors (Lipinski definition) is 3. The first-order valence-electron chi connectivity index (χ1n) is 13.0. The van der Waals surface area contributed by atoms with E-state index in [1.807, 2.05) is 0 Å². The van der Waals surface area contributed by atoms with Crippen LogP contribution in [-0.2, 0) is 4.79 Å². The van der Waals surface area contributed by atoms with Crippen LogP contribution in [0.2, 0.25) is 0 Å². The minimum absolute atomic E-state index is 0.173. The molecule has 11 atom stereocenters. The molecule has 0 aromatic heterocycles. The van der Waals surface area contributed by atoms with Gasteiger partial charge in [-0.15, -0.1) is 0 Å². The van der Waals surface area contributed by atoms with Gasteiger partial charge in [0.05, 0.1) is 12.2 Å². The van der Waals surface area contributed by atoms with Crippen LogP contribution < -0.4 is 0 Å². The summed E-state index contributed by atoms with van der Waals surface area (Å²) in [6.45, 7) is 11.4. The number of rotatable bonds is 5. The number of carbonyl (C=O) groups excluding carboxylic acids is 1. The van der Waals surface area contributed by atoms with E-state index in [-0.39, 0.29) is 17.6 Å². The first-order chi connectivity index (χ1) is 14.1. The molecule has 0 amide bonds. The van der Waals surface area contributed by atoms with Crippen LogP contribution in [0.3, 0.4) is 0 Å². The fourth-order valence-corrected chi connectivity index (χ4v) is 9.56. The van der Waals surface area contributed by atoms with Crippen LogP contribution in [-0.4, -0.2) is 28.2 Å². The maximum atomic E-state index is 11.7. The van der Waals surface area contributed by atoms with Gasteiger partial charge in [0.15, 0.2) is 0 Å². The SMILES string of the molecule is CC[C@@H]1C2C[C@H](O)CC[C@]2(C)C2CC[C@@]3(C)C(CCC3[C@H](C)CCC(C)=O)C2[C@@H]1O. The summed E-state index contributed by atoms with van der Waals surface area (Å²) < 4.78 is 0. The van der Waals surface area contributed by atoms with Gasteiger partial charge in [-0.3, -0.25) is 0 Å². The van der Waals surface area contributed by atoms with Crippen LogP contribution in [0.5, 0.6) is 0 Å². The summed E-state index contributed by atoms with van der Waals surface area (Å²) in [7, 11) is 0. The van der Waals surface area contributed by atoms with E-state index in [9.17, 15) is 15.0 Å². The Hall–Kier alpha value is -0.410. The van der Waals surface area contributed by atoms with E-state index in [4.69, 9.17) is 0 Å². The number of fused-ring (bicyclic) bond motifs is 5. The predicted octanol–water partition coefficient (Wildman–Crippen LogP) is 5.62. The second-order valence-corrected chi connectivity index (χ2v) is 12.3. The Morgan fingerprint density at radius 3 is 2.33 bits per heavy atom. The second kappa shape index (κ2) is 8.18. The molecule has 0 aliphatic heterocycles. The van der Waals surface area contributed by atoms with Gasteiger partial charge in [0, 0.05) is 6.42 Å². The standard InChI is InChI=1S/C27H46O3/c1-6-19-23-15-18(29)11-13-27(23,5)22-12-14-26(4)20(16(2)7-8-17(3)28)9-10-21(26)24(22)25(19)30/h16,18-25,29-30H,6-15H2,1-5H3/t16-,18-,19-,20?,21?,22?,23?,24?,25-,26-,27-/m1/s1. The van der Waals surface area contributed by atoms with Crippen molar-refractivity contribution >= 4 is 5.78 Å². The van der Waals surface area contributed by atoms with Gasteiger partial charge < -0.3 is 15.0 Å². The summed E-state index contributed by atoms with van der Waals surface area (Å²) >= 11 is 0. The molecule has 0 bridgehead atoms. The Labute approximate surface area is 184 Å². The molecule has 0 aromatic rings. The lowest BCUT2D eigenvalue weighted by molar-refractivity contribution is -0.203. The molecule has 4 fully saturated rings. The fourth-order valence-electron chi connectivity index (χ4n) is 9.56. The molecule has 0 aromatic carbocycles. The maximum Gasteiger partial charge on any atom is 0.129 e. The van der Waals surface area contributed by atoms with Crippen molar-refractivity contribution in [3.63, 3.8) is 0 Å². The van der Waals surface area contributed by atoms with Gasteiger partial charge in [-0.2, -0.15) is 0 Å². The molecule has 4 aliphatic rings. The average molecular weight is 419 g/mol. The minimum atomic E-state index is -0.209. The Kier molecular flexibility index (Phi) is 6.21. The molecule has 0 radical (unpaired) electrons. The Morgan fingerprint density at radius 1 is 1.00 bits per heavy atom. The van der Waals surface area contributed by atoms with Gasteiger partial charge in [-0.1, -0.05) is 34.1 Å². The largest absolute Gasteiger partial charge is 0.393 e. The van der Waals surface area contributed by atoms with E-state index in [0.29, 0.717) is 59.0 Å². The minimum Gasteiger partial charge on any atom is -0.393 e. The summed E-state index contributed by atoms with van der Waals surface area (Å²) in [5.41, 5.74) is 0.595. The molecule has 0 saturated heterocycles. The van der Waals surface area contributed by atoms with Crippen molar-refractivity contribution < 1.29 is 15.0 Å². The number of hydrogen-bond donors (Lipinski definition) is 2. The molecule has 30 heavy (non-hydrogen) atoms. The van der Waals surface area contributed by atoms with Crippen LogP contribution in [0.4, 0.5) is 0 Å². The molecule has 4 saturated carbocycles. The van der Waals surface area contributed by atoms with Crippen LogP contribution in [0.15, 0.2) is 0 Å². The molecule has 4 aliphatic carbocycles. The topological polar surface area (TPSA) is 57.5 Å². The Morgan fingerprint density at radius 2 is 1.67 bits per heavy atom. The first-order valence-corrected chi connectivity index (χ1v) is 13.0. The fraction of sp³-hybridized carbons (Fsp3) is 0.963. The van der Waals surface area contributed by atoms with E-state index in [2.05, 4.69) is 27.7 Å². The Balaban J connectivity index is 1.61. The zero-order chi connectivity index (χ0) is 21.8. The molecule has 172 valence electrons. The summed E-state index contributed by atoms with van der Waals surface area (Å²) in [6, 6.07) is 0. The van der Waals surface area contributed by atoms with E-state index in [1.165, 1.54) is 25.7 Å². The smallest absolute Gasteiger partial charge is 0.129 e. The monoisotopic (exact) mass is 418 g/mol. The third-order valence-corrected chi connectivity index (χ3v) is 11.1. The van der Waals surface area contributed by atoms with E-state index in [1.54, 1.807) is 6.92 Å². The lowest BCUT2D eigenvalue weighted by Crippen LogP contribution is -2.62. The van der Waals surface area contributed by atoms with Crippen molar-refractivity contribution in [3.05, 3.63) is 0 Å². The number of aliphatic hydroxyl groups excluding tert-OH is 2. The second-order valence-electron chi connectivity index (χ2n) is 12.3. The number of Topliss-reactive ketones (excluding diaryl/α,β-unsaturated/α-hetero) is 1. The van der Waals surface area contributed by atoms with Gasteiger partial charge in [-0.05, 0) is 111 Å². The van der Waals surface area contributed by atoms with E-state index >= 15 is 0 Å². The number of aliphatic hydroxyl groups is 2. The van der Waals surface area contributed by atoms with Gasteiger partial charge in [-0.25, -0.2) is 0 Å². The molecule has 3 nitrogen and oxygen atoms in total. The third-order valence-electron chi connectivity index (χ3n) is 11.1. The molecule has 5 unspecified atom stereocenters. The lowest BCUT2D eigenvalue weighted by Gasteiger charge is -2.64. The van der Waals surface area contributed by atoms with Crippen LogP contribution in [0.25, 0.3) is 0 Å². The van der Waals surface area contributed by atoms with Crippen LogP contribution in [0, 0.1) is 52.3 Å². The van der Waals surface area contributed by atoms with Gasteiger partial charge in [0.2, 0.25) is 0 Å². The highest BCUT2D eigenvalue weighted by atomic mass is 16.3. The van der Waals surface area contributed by atoms with Crippen molar-refractivity contribution in [2.75, 3.05) is 0 Å². The highest BCUT2D eigenvalue weighted by Crippen LogP contribution is 2.69. The predicted molar refractivity (Wildman–Crippen MR) is 121 cm³/mol. The summed E-state index contributed by atoms with van der Waals surface area (Å²) in [6.07, 6.45) is 10.4. The third kappa shape index (κ3) is 3.41. The van der Waals surface area contributed by atoms with Gasteiger partial charge in [0.25, 0.3) is 0 Å². The summed E-state index contributed by atoms with van der Waals surface area (Å²) in [5, 5.41) is 22.2. The van der Waals surface area contributed by atoms with Crippen molar-refractivity contribution in [2.24, 2.45) is 52.3 Å². The van der Waals surface area contributed by atoms with Crippen molar-refractivity contribution in [1.29, 1.82) is 0 Å². The molecule has 0 spiro atoms. The van der Waals surface area contributed by atoms with E-state index < -0.39 is 0 Å². The summed E-state index contributed by atoms with van der Waals surface area (Å²) in [5.74, 6) is 4.06. The van der Waals surface area contributed by atoms with Crippen LogP contribution in [0.1, 0.15) is 98.8 Å². The van der Waals surface area contributed by atoms with Crippen molar-refractivity contribution in [2.45, 2.75) is 111 Å². The van der Waals surface area contributed by atoms with Crippen molar-refractivity contribution in [1.82, 2.24) is 0 Å². The zero-order valence-corrected chi connectivity index (χ0v) is 20.1. The molecular formula is C27H46O3. The van der Waals surface area contributed by atoms with Gasteiger partial charge >= 0.3 is 0 Å². The highest BCUT2D eigenvalue weighted by Gasteiger charge is 2.64. The zero-order valence-electron chi connectivity index (χ0n) is 20.1. The highest BCUT2D eigenvalue weighted by molar-refractivity contribution is 5.75. The van der Waals surface area contributed by atoms with Crippen LogP contribution >= 0.6 is 0 Å². The normalized spacial score (nSPS) is 51.6. The molecule has 3 heteroatoms. The van der Waals surface area contributed by atoms with E-state index in [0.717, 1.165) is 32.1 Å².